The molecule has 1 aliphatic heterocycles. The second-order valence-electron chi connectivity index (χ2n) is 4.59. The van der Waals surface area contributed by atoms with Crippen molar-refractivity contribution in [2.24, 2.45) is 5.92 Å². The lowest BCUT2D eigenvalue weighted by atomic mass is 10.1. The number of hydrogen-bond acceptors (Lipinski definition) is 4. The second kappa shape index (κ2) is 6.50. The number of nitrogens with zero attached hydrogens (tertiary/aromatic N) is 2. The zero-order chi connectivity index (χ0) is 12.4. The first-order valence-electron chi connectivity index (χ1n) is 6.10. The van der Waals surface area contributed by atoms with Gasteiger partial charge in [0.05, 0.1) is 0 Å². The van der Waals surface area contributed by atoms with E-state index < -0.39 is 0 Å². The molecule has 6 heteroatoms. The van der Waals surface area contributed by atoms with E-state index in [1.807, 2.05) is 24.3 Å². The zero-order valence-electron chi connectivity index (χ0n) is 10.3. The Morgan fingerprint density at radius 2 is 2.32 bits per heavy atom. The predicted octanol–water partition coefficient (Wildman–Crippen LogP) is 3.07. The topological polar surface area (TPSA) is 51.0 Å². The molecule has 1 N–H and O–H groups in total. The van der Waals surface area contributed by atoms with Crippen molar-refractivity contribution in [3.63, 3.8) is 0 Å². The minimum atomic E-state index is 0. The fraction of sp³-hybridized carbons (Fsp3) is 0.385. The molecule has 0 aliphatic carbocycles. The third-order valence-corrected chi connectivity index (χ3v) is 3.67. The molecule has 1 saturated heterocycles. The van der Waals surface area contributed by atoms with Crippen LogP contribution in [0.3, 0.4) is 0 Å². The summed E-state index contributed by atoms with van der Waals surface area (Å²) in [5.74, 6) is 2.02. The van der Waals surface area contributed by atoms with Gasteiger partial charge in [-0.05, 0) is 37.6 Å². The number of rotatable bonds is 3. The van der Waals surface area contributed by atoms with E-state index in [0.717, 1.165) is 35.4 Å². The lowest BCUT2D eigenvalue weighted by molar-refractivity contribution is 0.358. The van der Waals surface area contributed by atoms with Crippen LogP contribution in [0.4, 0.5) is 0 Å². The molecule has 0 amide bonds. The highest BCUT2D eigenvalue weighted by atomic mass is 79.9. The van der Waals surface area contributed by atoms with Gasteiger partial charge in [-0.2, -0.15) is 4.98 Å². The maximum atomic E-state index is 5.32. The highest BCUT2D eigenvalue weighted by molar-refractivity contribution is 9.10. The average Bonchev–Trinajstić information content (AvgIpc) is 3.01. The normalized spacial score (nSPS) is 18.3. The van der Waals surface area contributed by atoms with Gasteiger partial charge < -0.3 is 9.84 Å². The van der Waals surface area contributed by atoms with Crippen LogP contribution in [-0.2, 0) is 6.42 Å². The van der Waals surface area contributed by atoms with Crippen molar-refractivity contribution in [3.8, 4) is 11.4 Å². The quantitative estimate of drug-likeness (QED) is 0.929. The van der Waals surface area contributed by atoms with Crippen LogP contribution in [-0.4, -0.2) is 23.2 Å². The fourth-order valence-corrected chi connectivity index (χ4v) is 2.62. The van der Waals surface area contributed by atoms with Gasteiger partial charge in [-0.1, -0.05) is 33.2 Å². The van der Waals surface area contributed by atoms with E-state index in [4.69, 9.17) is 4.52 Å². The lowest BCUT2D eigenvalue weighted by Gasteiger charge is -2.01. The Morgan fingerprint density at radius 3 is 3.05 bits per heavy atom. The summed E-state index contributed by atoms with van der Waals surface area (Å²) in [4.78, 5) is 4.46. The van der Waals surface area contributed by atoms with Crippen molar-refractivity contribution in [2.45, 2.75) is 12.8 Å². The Bertz CT molecular complexity index is 540. The van der Waals surface area contributed by atoms with Crippen LogP contribution in [0.1, 0.15) is 12.3 Å². The Labute approximate surface area is 126 Å². The van der Waals surface area contributed by atoms with Crippen LogP contribution in [0.25, 0.3) is 11.4 Å². The summed E-state index contributed by atoms with van der Waals surface area (Å²) in [6.07, 6.45) is 2.06. The Kier molecular flexibility index (Phi) is 4.96. The summed E-state index contributed by atoms with van der Waals surface area (Å²) < 4.78 is 6.34. The van der Waals surface area contributed by atoms with Crippen LogP contribution < -0.4 is 5.32 Å². The van der Waals surface area contributed by atoms with Gasteiger partial charge in [0.1, 0.15) is 0 Å². The van der Waals surface area contributed by atoms with Gasteiger partial charge in [-0.25, -0.2) is 0 Å². The first-order chi connectivity index (χ1) is 8.81. The summed E-state index contributed by atoms with van der Waals surface area (Å²) in [6, 6.07) is 7.92. The molecule has 102 valence electrons. The van der Waals surface area contributed by atoms with Gasteiger partial charge in [0, 0.05) is 16.5 Å². The van der Waals surface area contributed by atoms with Crippen molar-refractivity contribution in [1.29, 1.82) is 0 Å². The molecule has 0 saturated carbocycles. The average molecular weight is 345 g/mol. The number of hydrogen-bond donors (Lipinski definition) is 1. The van der Waals surface area contributed by atoms with Crippen molar-refractivity contribution in [3.05, 3.63) is 34.6 Å². The van der Waals surface area contributed by atoms with Crippen LogP contribution in [0.5, 0.6) is 0 Å². The largest absolute Gasteiger partial charge is 0.339 e. The molecule has 1 unspecified atom stereocenters. The van der Waals surface area contributed by atoms with E-state index >= 15 is 0 Å². The van der Waals surface area contributed by atoms with E-state index in [-0.39, 0.29) is 12.4 Å². The zero-order valence-corrected chi connectivity index (χ0v) is 12.7. The van der Waals surface area contributed by atoms with Crippen molar-refractivity contribution < 1.29 is 4.52 Å². The van der Waals surface area contributed by atoms with Crippen molar-refractivity contribution >= 4 is 28.3 Å². The number of aromatic nitrogens is 2. The van der Waals surface area contributed by atoms with Gasteiger partial charge in [0.25, 0.3) is 0 Å². The lowest BCUT2D eigenvalue weighted by Crippen LogP contribution is -2.10. The molecule has 2 heterocycles. The summed E-state index contributed by atoms with van der Waals surface area (Å²) in [6.45, 7) is 2.14. The van der Waals surface area contributed by atoms with E-state index in [2.05, 4.69) is 31.4 Å². The van der Waals surface area contributed by atoms with Gasteiger partial charge in [0.2, 0.25) is 11.7 Å². The molecule has 0 radical (unpaired) electrons. The molecule has 1 aromatic carbocycles. The predicted molar refractivity (Wildman–Crippen MR) is 79.4 cm³/mol. The maximum Gasteiger partial charge on any atom is 0.227 e. The maximum absolute atomic E-state index is 5.32. The summed E-state index contributed by atoms with van der Waals surface area (Å²) in [5, 5.41) is 7.38. The van der Waals surface area contributed by atoms with E-state index in [1.54, 1.807) is 0 Å². The molecule has 1 fully saturated rings. The SMILES string of the molecule is Brc1cccc(-c2noc(CC3CCNC3)n2)c1.Cl. The fourth-order valence-electron chi connectivity index (χ4n) is 2.22. The molecule has 1 aromatic heterocycles. The third-order valence-electron chi connectivity index (χ3n) is 3.18. The Morgan fingerprint density at radius 1 is 1.42 bits per heavy atom. The third kappa shape index (κ3) is 3.55. The summed E-state index contributed by atoms with van der Waals surface area (Å²) in [5.41, 5.74) is 0.976. The molecule has 0 spiro atoms. The Balaban J connectivity index is 0.00000133. The summed E-state index contributed by atoms with van der Waals surface area (Å²) in [7, 11) is 0. The number of nitrogens with one attached hydrogen (secondary N) is 1. The van der Waals surface area contributed by atoms with Crippen molar-refractivity contribution in [2.75, 3.05) is 13.1 Å². The smallest absolute Gasteiger partial charge is 0.227 e. The van der Waals surface area contributed by atoms with Gasteiger partial charge in [-0.15, -0.1) is 12.4 Å². The molecule has 1 atom stereocenters. The minimum Gasteiger partial charge on any atom is -0.339 e. The summed E-state index contributed by atoms with van der Waals surface area (Å²) >= 11 is 3.44. The van der Waals surface area contributed by atoms with Crippen molar-refractivity contribution in [1.82, 2.24) is 15.5 Å². The molecule has 4 nitrogen and oxygen atoms in total. The highest BCUT2D eigenvalue weighted by Crippen LogP contribution is 2.21. The number of benzene rings is 1. The number of halogens is 2. The van der Waals surface area contributed by atoms with E-state index in [0.29, 0.717) is 11.7 Å². The monoisotopic (exact) mass is 343 g/mol. The Hall–Kier alpha value is -0.910. The van der Waals surface area contributed by atoms with Crippen LogP contribution >= 0.6 is 28.3 Å². The van der Waals surface area contributed by atoms with Crippen LogP contribution in [0.15, 0.2) is 33.3 Å². The van der Waals surface area contributed by atoms with E-state index in [1.165, 1.54) is 6.42 Å². The molecule has 3 rings (SSSR count). The van der Waals surface area contributed by atoms with Crippen LogP contribution in [0, 0.1) is 5.92 Å². The standard InChI is InChI=1S/C13H14BrN3O.ClH/c14-11-3-1-2-10(7-11)13-16-12(18-17-13)6-9-4-5-15-8-9;/h1-3,7,9,15H,4-6,8H2;1H. The van der Waals surface area contributed by atoms with Gasteiger partial charge in [-0.3, -0.25) is 0 Å². The second-order valence-corrected chi connectivity index (χ2v) is 5.50. The minimum absolute atomic E-state index is 0. The first-order valence-corrected chi connectivity index (χ1v) is 6.90. The van der Waals surface area contributed by atoms with E-state index in [9.17, 15) is 0 Å². The van der Waals surface area contributed by atoms with Gasteiger partial charge in [0.15, 0.2) is 0 Å². The first kappa shape index (κ1) is 14.5. The molecular weight excluding hydrogens is 330 g/mol. The molecular formula is C13H15BrClN3O. The molecule has 1 aliphatic rings. The van der Waals surface area contributed by atoms with Crippen LogP contribution in [0.2, 0.25) is 0 Å². The molecule has 2 aromatic rings. The molecule has 19 heavy (non-hydrogen) atoms. The van der Waals surface area contributed by atoms with Gasteiger partial charge >= 0.3 is 0 Å². The highest BCUT2D eigenvalue weighted by Gasteiger charge is 2.18. The molecule has 0 bridgehead atoms.